The molecule has 2 aromatic carbocycles. The molecule has 2 aromatic rings. The number of nitrogen functional groups attached to an aromatic ring is 1. The van der Waals surface area contributed by atoms with Crippen molar-refractivity contribution in [2.75, 3.05) is 11.1 Å². The molecule has 0 spiro atoms. The Morgan fingerprint density at radius 1 is 1.11 bits per heavy atom. The number of carbonyl (C=O) groups excluding carboxylic acids is 1. The summed E-state index contributed by atoms with van der Waals surface area (Å²) in [7, 11) is 0. The van der Waals surface area contributed by atoms with Gasteiger partial charge in [-0.3, -0.25) is 4.79 Å². The molecule has 0 bridgehead atoms. The van der Waals surface area contributed by atoms with Crippen LogP contribution in [0.4, 0.5) is 11.4 Å². The smallest absolute Gasteiger partial charge is 0.257 e. The van der Waals surface area contributed by atoms with Crippen molar-refractivity contribution >= 4 is 56.4 Å². The second-order valence-corrected chi connectivity index (χ2v) is 5.54. The number of halogens is 3. The Bertz CT molecular complexity index is 647. The minimum Gasteiger partial charge on any atom is -0.397 e. The zero-order valence-corrected chi connectivity index (χ0v) is 12.7. The van der Waals surface area contributed by atoms with Gasteiger partial charge in [0, 0.05) is 10.2 Å². The van der Waals surface area contributed by atoms with Gasteiger partial charge >= 0.3 is 0 Å². The van der Waals surface area contributed by atoms with Crippen LogP contribution < -0.4 is 11.1 Å². The number of hydrogen-bond donors (Lipinski definition) is 2. The third-order valence-electron chi connectivity index (χ3n) is 2.43. The first-order valence-electron chi connectivity index (χ1n) is 5.29. The van der Waals surface area contributed by atoms with Crippen LogP contribution in [0, 0.1) is 0 Å². The summed E-state index contributed by atoms with van der Waals surface area (Å²) in [6.45, 7) is 0. The van der Waals surface area contributed by atoms with Gasteiger partial charge in [0.1, 0.15) is 0 Å². The van der Waals surface area contributed by atoms with Crippen molar-refractivity contribution in [3.05, 3.63) is 56.5 Å². The van der Waals surface area contributed by atoms with Crippen molar-refractivity contribution in [1.29, 1.82) is 0 Å². The molecule has 98 valence electrons. The van der Waals surface area contributed by atoms with E-state index in [0.29, 0.717) is 27.0 Å². The van der Waals surface area contributed by atoms with Crippen LogP contribution in [0.25, 0.3) is 0 Å². The van der Waals surface area contributed by atoms with E-state index in [4.69, 9.17) is 28.9 Å². The van der Waals surface area contributed by atoms with E-state index in [-0.39, 0.29) is 5.91 Å². The lowest BCUT2D eigenvalue weighted by molar-refractivity contribution is 0.102. The standard InChI is InChI=1S/C13H9BrCl2N2O/c14-7-1-3-10(15)9(5-7)13(19)18-8-2-4-11(16)12(17)6-8/h1-6H,17H2,(H,18,19). The molecule has 0 saturated heterocycles. The molecule has 3 nitrogen and oxygen atoms in total. The summed E-state index contributed by atoms with van der Waals surface area (Å²) in [5, 5.41) is 3.53. The predicted octanol–water partition coefficient (Wildman–Crippen LogP) is 4.59. The van der Waals surface area contributed by atoms with Crippen molar-refractivity contribution in [2.45, 2.75) is 0 Å². The maximum atomic E-state index is 12.1. The minimum atomic E-state index is -0.312. The number of anilines is 2. The number of benzene rings is 2. The number of hydrogen-bond acceptors (Lipinski definition) is 2. The summed E-state index contributed by atoms with van der Waals surface area (Å²) in [5.41, 5.74) is 7.01. The molecule has 0 heterocycles. The van der Waals surface area contributed by atoms with E-state index in [1.54, 1.807) is 36.4 Å². The molecule has 0 aromatic heterocycles. The first kappa shape index (κ1) is 14.2. The second-order valence-electron chi connectivity index (χ2n) is 3.81. The predicted molar refractivity (Wildman–Crippen MR) is 83.0 cm³/mol. The van der Waals surface area contributed by atoms with Crippen LogP contribution in [-0.2, 0) is 0 Å². The molecule has 3 N–H and O–H groups in total. The number of nitrogens with one attached hydrogen (secondary N) is 1. The molecule has 0 aliphatic rings. The summed E-state index contributed by atoms with van der Waals surface area (Å²) >= 11 is 15.1. The van der Waals surface area contributed by atoms with Gasteiger partial charge in [0.15, 0.2) is 0 Å². The van der Waals surface area contributed by atoms with Crippen LogP contribution in [0.2, 0.25) is 10.0 Å². The topological polar surface area (TPSA) is 55.1 Å². The molecular weight excluding hydrogens is 351 g/mol. The summed E-state index contributed by atoms with van der Waals surface area (Å²) < 4.78 is 0.776. The van der Waals surface area contributed by atoms with Crippen molar-refractivity contribution in [2.24, 2.45) is 0 Å². The van der Waals surface area contributed by atoms with Crippen molar-refractivity contribution < 1.29 is 4.79 Å². The van der Waals surface area contributed by atoms with Gasteiger partial charge in [-0.15, -0.1) is 0 Å². The molecule has 1 amide bonds. The number of carbonyl (C=O) groups is 1. The van der Waals surface area contributed by atoms with E-state index in [2.05, 4.69) is 21.2 Å². The summed E-state index contributed by atoms with van der Waals surface area (Å²) in [5.74, 6) is -0.312. The second kappa shape index (κ2) is 5.82. The molecular formula is C13H9BrCl2N2O. The van der Waals surface area contributed by atoms with Crippen LogP contribution in [0.5, 0.6) is 0 Å². The lowest BCUT2D eigenvalue weighted by atomic mass is 10.2. The fraction of sp³-hybridized carbons (Fsp3) is 0. The Hall–Kier alpha value is -1.23. The number of amides is 1. The summed E-state index contributed by atoms with van der Waals surface area (Å²) in [6, 6.07) is 9.94. The van der Waals surface area contributed by atoms with Crippen LogP contribution in [-0.4, -0.2) is 5.91 Å². The Morgan fingerprint density at radius 2 is 1.79 bits per heavy atom. The lowest BCUT2D eigenvalue weighted by Gasteiger charge is -2.08. The largest absolute Gasteiger partial charge is 0.397 e. The van der Waals surface area contributed by atoms with Crippen LogP contribution in [0.3, 0.4) is 0 Å². The SMILES string of the molecule is Nc1cc(NC(=O)c2cc(Br)ccc2Cl)ccc1Cl. The van der Waals surface area contributed by atoms with E-state index in [1.807, 2.05) is 0 Å². The fourth-order valence-corrected chi connectivity index (χ4v) is 2.17. The molecule has 0 atom stereocenters. The van der Waals surface area contributed by atoms with E-state index in [0.717, 1.165) is 4.47 Å². The maximum absolute atomic E-state index is 12.1. The zero-order chi connectivity index (χ0) is 14.0. The van der Waals surface area contributed by atoms with Crippen molar-refractivity contribution in [3.63, 3.8) is 0 Å². The highest BCUT2D eigenvalue weighted by Crippen LogP contribution is 2.25. The lowest BCUT2D eigenvalue weighted by Crippen LogP contribution is -2.12. The van der Waals surface area contributed by atoms with Crippen LogP contribution in [0.1, 0.15) is 10.4 Å². The summed E-state index contributed by atoms with van der Waals surface area (Å²) in [6.07, 6.45) is 0. The van der Waals surface area contributed by atoms with E-state index in [9.17, 15) is 4.79 Å². The Morgan fingerprint density at radius 3 is 2.47 bits per heavy atom. The van der Waals surface area contributed by atoms with Crippen molar-refractivity contribution in [3.8, 4) is 0 Å². The first-order valence-corrected chi connectivity index (χ1v) is 6.83. The molecule has 0 aliphatic heterocycles. The molecule has 6 heteroatoms. The molecule has 2 rings (SSSR count). The third-order valence-corrected chi connectivity index (χ3v) is 3.59. The van der Waals surface area contributed by atoms with Gasteiger partial charge in [0.05, 0.1) is 21.3 Å². The molecule has 0 aliphatic carbocycles. The monoisotopic (exact) mass is 358 g/mol. The highest BCUT2D eigenvalue weighted by atomic mass is 79.9. The van der Waals surface area contributed by atoms with E-state index in [1.165, 1.54) is 0 Å². The highest BCUT2D eigenvalue weighted by Gasteiger charge is 2.11. The maximum Gasteiger partial charge on any atom is 0.257 e. The van der Waals surface area contributed by atoms with Crippen LogP contribution >= 0.6 is 39.1 Å². The molecule has 0 saturated carbocycles. The minimum absolute atomic E-state index is 0.312. The average Bonchev–Trinajstić information content (AvgIpc) is 2.36. The summed E-state index contributed by atoms with van der Waals surface area (Å²) in [4.78, 5) is 12.1. The van der Waals surface area contributed by atoms with Gasteiger partial charge < -0.3 is 11.1 Å². The molecule has 19 heavy (non-hydrogen) atoms. The molecule has 0 fully saturated rings. The van der Waals surface area contributed by atoms with Gasteiger partial charge in [-0.05, 0) is 36.4 Å². The van der Waals surface area contributed by atoms with E-state index >= 15 is 0 Å². The first-order chi connectivity index (χ1) is 8.97. The quantitative estimate of drug-likeness (QED) is 0.770. The van der Waals surface area contributed by atoms with Crippen LogP contribution in [0.15, 0.2) is 40.9 Å². The average molecular weight is 360 g/mol. The van der Waals surface area contributed by atoms with Crippen molar-refractivity contribution in [1.82, 2.24) is 0 Å². The zero-order valence-electron chi connectivity index (χ0n) is 9.58. The number of nitrogens with two attached hydrogens (primary N) is 1. The Kier molecular flexibility index (Phi) is 4.34. The molecule has 0 unspecified atom stereocenters. The fourth-order valence-electron chi connectivity index (χ4n) is 1.49. The van der Waals surface area contributed by atoms with Gasteiger partial charge in [-0.1, -0.05) is 39.1 Å². The van der Waals surface area contributed by atoms with E-state index < -0.39 is 0 Å². The van der Waals surface area contributed by atoms with Gasteiger partial charge in [-0.25, -0.2) is 0 Å². The van der Waals surface area contributed by atoms with Gasteiger partial charge in [-0.2, -0.15) is 0 Å². The van der Waals surface area contributed by atoms with Gasteiger partial charge in [0.2, 0.25) is 0 Å². The Labute approximate surface area is 128 Å². The highest BCUT2D eigenvalue weighted by molar-refractivity contribution is 9.10. The molecule has 0 radical (unpaired) electrons. The normalized spacial score (nSPS) is 10.3. The van der Waals surface area contributed by atoms with Gasteiger partial charge in [0.25, 0.3) is 5.91 Å². The Balaban J connectivity index is 2.25. The number of rotatable bonds is 2. The third kappa shape index (κ3) is 3.41.